The Morgan fingerprint density at radius 3 is 2.64 bits per heavy atom. The molecule has 4 aromatic rings. The third-order valence-corrected chi connectivity index (χ3v) is 4.76. The van der Waals surface area contributed by atoms with E-state index in [1.54, 1.807) is 13.0 Å². The van der Waals surface area contributed by atoms with Crippen molar-refractivity contribution in [2.75, 3.05) is 17.7 Å². The minimum atomic E-state index is -0.403. The zero-order valence-corrected chi connectivity index (χ0v) is 15.6. The van der Waals surface area contributed by atoms with Crippen LogP contribution < -0.4 is 11.1 Å². The van der Waals surface area contributed by atoms with Crippen LogP contribution in [0.2, 0.25) is 0 Å². The molecule has 1 aromatic heterocycles. The van der Waals surface area contributed by atoms with Crippen molar-refractivity contribution >= 4 is 39.0 Å². The molecule has 28 heavy (non-hydrogen) atoms. The van der Waals surface area contributed by atoms with Crippen molar-refractivity contribution in [3.63, 3.8) is 0 Å². The molecule has 0 spiro atoms. The number of nitrogens with zero attached hydrogens (tertiary/aromatic N) is 1. The minimum absolute atomic E-state index is 0.302. The number of carbonyl (C=O) groups excluding carboxylic acids is 1. The molecule has 5 nitrogen and oxygen atoms in total. The summed E-state index contributed by atoms with van der Waals surface area (Å²) in [7, 11) is 0. The van der Waals surface area contributed by atoms with Crippen molar-refractivity contribution in [2.24, 2.45) is 0 Å². The molecule has 0 unspecified atom stereocenters. The highest BCUT2D eigenvalue weighted by Gasteiger charge is 2.17. The summed E-state index contributed by atoms with van der Waals surface area (Å²) < 4.78 is 5.22. The highest BCUT2D eigenvalue weighted by atomic mass is 16.5. The Kier molecular flexibility index (Phi) is 4.81. The lowest BCUT2D eigenvalue weighted by Gasteiger charge is -2.15. The second-order valence-corrected chi connectivity index (χ2v) is 6.50. The van der Waals surface area contributed by atoms with E-state index in [0.717, 1.165) is 10.9 Å². The van der Waals surface area contributed by atoms with Gasteiger partial charge in [-0.15, -0.1) is 0 Å². The summed E-state index contributed by atoms with van der Waals surface area (Å²) in [5.41, 5.74) is 9.55. The Hall–Kier alpha value is -3.60. The normalized spacial score (nSPS) is 10.9. The Labute approximate surface area is 163 Å². The fourth-order valence-electron chi connectivity index (χ4n) is 3.43. The summed E-state index contributed by atoms with van der Waals surface area (Å²) in [5.74, 6) is -0.403. The monoisotopic (exact) mass is 371 g/mol. The van der Waals surface area contributed by atoms with Crippen LogP contribution in [-0.4, -0.2) is 17.6 Å². The Balaban J connectivity index is 1.79. The lowest BCUT2D eigenvalue weighted by Crippen LogP contribution is -2.11. The number of rotatable bonds is 5. The fourth-order valence-corrected chi connectivity index (χ4v) is 3.43. The Bertz CT molecular complexity index is 1170. The van der Waals surface area contributed by atoms with Gasteiger partial charge in [0.25, 0.3) is 0 Å². The van der Waals surface area contributed by atoms with Crippen LogP contribution in [0.4, 0.5) is 11.4 Å². The van der Waals surface area contributed by atoms with Crippen molar-refractivity contribution in [3.8, 4) is 0 Å². The first-order valence-electron chi connectivity index (χ1n) is 9.24. The zero-order chi connectivity index (χ0) is 19.5. The van der Waals surface area contributed by atoms with Crippen LogP contribution in [-0.2, 0) is 11.3 Å². The fraction of sp³-hybridized carbons (Fsp3) is 0.130. The topological polar surface area (TPSA) is 77.2 Å². The molecule has 0 fully saturated rings. The standard InChI is InChI=1S/C23H21N3O2/c1-2-28-23(27)19-14-26-22-18(11-6-12-20(22)24)21(19)25-13-16-9-5-8-15-7-3-4-10-17(15)16/h3-12,14H,2,13,24H2,1H3,(H,25,26). The first-order valence-corrected chi connectivity index (χ1v) is 9.24. The van der Waals surface area contributed by atoms with Crippen LogP contribution in [0.1, 0.15) is 22.8 Å². The van der Waals surface area contributed by atoms with Gasteiger partial charge >= 0.3 is 5.97 Å². The average Bonchev–Trinajstić information content (AvgIpc) is 2.72. The van der Waals surface area contributed by atoms with E-state index in [-0.39, 0.29) is 0 Å². The number of ether oxygens (including phenoxy) is 1. The molecule has 0 amide bonds. The minimum Gasteiger partial charge on any atom is -0.462 e. The van der Waals surface area contributed by atoms with Gasteiger partial charge in [0, 0.05) is 18.1 Å². The van der Waals surface area contributed by atoms with Crippen LogP contribution in [0.15, 0.2) is 66.9 Å². The maximum absolute atomic E-state index is 12.5. The molecule has 0 atom stereocenters. The maximum Gasteiger partial charge on any atom is 0.341 e. The Morgan fingerprint density at radius 1 is 1.04 bits per heavy atom. The number of nitrogens with two attached hydrogens (primary N) is 1. The molecule has 0 aliphatic rings. The van der Waals surface area contributed by atoms with Crippen molar-refractivity contribution in [3.05, 3.63) is 78.0 Å². The molecular weight excluding hydrogens is 350 g/mol. The number of benzene rings is 3. The molecule has 5 heteroatoms. The smallest absolute Gasteiger partial charge is 0.341 e. The number of para-hydroxylation sites is 1. The number of nitrogen functional groups attached to an aromatic ring is 1. The number of hydrogen-bond acceptors (Lipinski definition) is 5. The molecular formula is C23H21N3O2. The SMILES string of the molecule is CCOC(=O)c1cnc2c(N)cccc2c1NCc1cccc2ccccc12. The largest absolute Gasteiger partial charge is 0.462 e. The number of nitrogens with one attached hydrogen (secondary N) is 1. The number of hydrogen-bond donors (Lipinski definition) is 2. The molecule has 0 saturated heterocycles. The van der Waals surface area contributed by atoms with Gasteiger partial charge in [-0.1, -0.05) is 54.6 Å². The van der Waals surface area contributed by atoms with Gasteiger partial charge in [0.05, 0.1) is 23.5 Å². The first kappa shape index (κ1) is 17.8. The average molecular weight is 371 g/mol. The van der Waals surface area contributed by atoms with E-state index >= 15 is 0 Å². The maximum atomic E-state index is 12.5. The van der Waals surface area contributed by atoms with Gasteiger partial charge in [-0.2, -0.15) is 0 Å². The molecule has 3 N–H and O–H groups in total. The third kappa shape index (κ3) is 3.22. The van der Waals surface area contributed by atoms with E-state index in [9.17, 15) is 4.79 Å². The van der Waals surface area contributed by atoms with E-state index in [1.807, 2.05) is 30.3 Å². The molecule has 3 aromatic carbocycles. The van der Waals surface area contributed by atoms with Crippen molar-refractivity contribution < 1.29 is 9.53 Å². The predicted molar refractivity (Wildman–Crippen MR) is 113 cm³/mol. The summed E-state index contributed by atoms with van der Waals surface area (Å²) in [5, 5.41) is 6.58. The number of anilines is 2. The lowest BCUT2D eigenvalue weighted by atomic mass is 10.0. The highest BCUT2D eigenvalue weighted by Crippen LogP contribution is 2.30. The van der Waals surface area contributed by atoms with Crippen molar-refractivity contribution in [1.29, 1.82) is 0 Å². The second-order valence-electron chi connectivity index (χ2n) is 6.50. The highest BCUT2D eigenvalue weighted by molar-refractivity contribution is 6.07. The van der Waals surface area contributed by atoms with Gasteiger partial charge in [-0.25, -0.2) is 4.79 Å². The van der Waals surface area contributed by atoms with Crippen molar-refractivity contribution in [2.45, 2.75) is 13.5 Å². The van der Waals surface area contributed by atoms with E-state index in [2.05, 4.69) is 34.6 Å². The number of fused-ring (bicyclic) bond motifs is 2. The summed E-state index contributed by atoms with van der Waals surface area (Å²) in [6.07, 6.45) is 1.53. The molecule has 0 aliphatic carbocycles. The van der Waals surface area contributed by atoms with Crippen molar-refractivity contribution in [1.82, 2.24) is 4.98 Å². The second kappa shape index (κ2) is 7.56. The Morgan fingerprint density at radius 2 is 1.79 bits per heavy atom. The van der Waals surface area contributed by atoms with Crippen LogP contribution in [0.25, 0.3) is 21.7 Å². The number of esters is 1. The van der Waals surface area contributed by atoms with Crippen LogP contribution >= 0.6 is 0 Å². The lowest BCUT2D eigenvalue weighted by molar-refractivity contribution is 0.0527. The van der Waals surface area contributed by atoms with E-state index in [1.165, 1.54) is 17.0 Å². The van der Waals surface area contributed by atoms with E-state index in [0.29, 0.717) is 35.6 Å². The van der Waals surface area contributed by atoms with E-state index in [4.69, 9.17) is 10.5 Å². The van der Waals surface area contributed by atoms with Gasteiger partial charge in [-0.05, 0) is 29.3 Å². The number of pyridine rings is 1. The predicted octanol–water partition coefficient (Wildman–Crippen LogP) is 4.76. The summed E-state index contributed by atoms with van der Waals surface area (Å²) in [6.45, 7) is 2.64. The van der Waals surface area contributed by atoms with Gasteiger partial charge in [-0.3, -0.25) is 4.98 Å². The third-order valence-electron chi connectivity index (χ3n) is 4.76. The van der Waals surface area contributed by atoms with Gasteiger partial charge in [0.15, 0.2) is 0 Å². The van der Waals surface area contributed by atoms with Crippen LogP contribution in [0.3, 0.4) is 0 Å². The number of aromatic nitrogens is 1. The molecule has 0 saturated carbocycles. The summed E-state index contributed by atoms with van der Waals surface area (Å²) in [4.78, 5) is 16.9. The molecule has 0 aliphatic heterocycles. The van der Waals surface area contributed by atoms with Crippen LogP contribution in [0, 0.1) is 0 Å². The quantitative estimate of drug-likeness (QED) is 0.391. The van der Waals surface area contributed by atoms with Gasteiger partial charge in [0.1, 0.15) is 5.56 Å². The summed E-state index contributed by atoms with van der Waals surface area (Å²) in [6, 6.07) is 20.0. The molecule has 140 valence electrons. The zero-order valence-electron chi connectivity index (χ0n) is 15.6. The van der Waals surface area contributed by atoms with Gasteiger partial charge in [0.2, 0.25) is 0 Å². The molecule has 0 bridgehead atoms. The van der Waals surface area contributed by atoms with Gasteiger partial charge < -0.3 is 15.8 Å². The molecule has 0 radical (unpaired) electrons. The molecule has 4 rings (SSSR count). The first-order chi connectivity index (χ1) is 13.7. The summed E-state index contributed by atoms with van der Waals surface area (Å²) >= 11 is 0. The molecule has 1 heterocycles. The van der Waals surface area contributed by atoms with E-state index < -0.39 is 5.97 Å². The van der Waals surface area contributed by atoms with Crippen LogP contribution in [0.5, 0.6) is 0 Å². The number of carbonyl (C=O) groups is 1.